The molecule has 0 saturated carbocycles. The van der Waals surface area contributed by atoms with E-state index in [0.717, 1.165) is 11.3 Å². The van der Waals surface area contributed by atoms with E-state index in [9.17, 15) is 4.39 Å². The molecule has 0 fully saturated rings. The highest BCUT2D eigenvalue weighted by molar-refractivity contribution is 5.60. The zero-order valence-electron chi connectivity index (χ0n) is 11.9. The van der Waals surface area contributed by atoms with Crippen LogP contribution in [0.25, 0.3) is 16.9 Å². The first-order valence-electron chi connectivity index (χ1n) is 6.80. The van der Waals surface area contributed by atoms with Gasteiger partial charge < -0.3 is 5.73 Å². The van der Waals surface area contributed by atoms with Crippen molar-refractivity contribution in [2.24, 2.45) is 11.7 Å². The summed E-state index contributed by atoms with van der Waals surface area (Å²) >= 11 is 0. The lowest BCUT2D eigenvalue weighted by Crippen LogP contribution is -2.20. The summed E-state index contributed by atoms with van der Waals surface area (Å²) in [6.07, 6.45) is 0. The quantitative estimate of drug-likeness (QED) is 0.803. The molecule has 2 heterocycles. The highest BCUT2D eigenvalue weighted by Gasteiger charge is 2.18. The minimum absolute atomic E-state index is 0.230. The molecule has 0 aliphatic carbocycles. The van der Waals surface area contributed by atoms with Gasteiger partial charge in [0.2, 0.25) is 0 Å². The Labute approximate surface area is 121 Å². The van der Waals surface area contributed by atoms with E-state index in [4.69, 9.17) is 5.73 Å². The summed E-state index contributed by atoms with van der Waals surface area (Å²) in [4.78, 5) is 0. The number of nitrogens with two attached hydrogens (primary N) is 1. The van der Waals surface area contributed by atoms with Crippen LogP contribution in [0.1, 0.15) is 25.7 Å². The fourth-order valence-corrected chi connectivity index (χ4v) is 2.09. The molecule has 5 nitrogen and oxygen atoms in total. The molecule has 3 aromatic rings. The lowest BCUT2D eigenvalue weighted by atomic mass is 10.1. The van der Waals surface area contributed by atoms with Gasteiger partial charge in [0.05, 0.1) is 11.7 Å². The van der Waals surface area contributed by atoms with Gasteiger partial charge in [0, 0.05) is 5.56 Å². The summed E-state index contributed by atoms with van der Waals surface area (Å²) in [5, 5.41) is 12.7. The van der Waals surface area contributed by atoms with E-state index < -0.39 is 0 Å². The van der Waals surface area contributed by atoms with Crippen molar-refractivity contribution in [2.75, 3.05) is 0 Å². The minimum Gasteiger partial charge on any atom is -0.321 e. The molecule has 0 radical (unpaired) electrons. The van der Waals surface area contributed by atoms with Gasteiger partial charge in [-0.2, -0.15) is 9.61 Å². The average molecular weight is 285 g/mol. The van der Waals surface area contributed by atoms with Gasteiger partial charge in [0.15, 0.2) is 11.5 Å². The van der Waals surface area contributed by atoms with Crippen LogP contribution in [-0.4, -0.2) is 19.8 Å². The Morgan fingerprint density at radius 3 is 2.43 bits per heavy atom. The molecule has 0 aliphatic rings. The lowest BCUT2D eigenvalue weighted by molar-refractivity contribution is 0.480. The fourth-order valence-electron chi connectivity index (χ4n) is 2.09. The second-order valence-electron chi connectivity index (χ2n) is 5.32. The molecule has 3 rings (SSSR count). The highest BCUT2D eigenvalue weighted by atomic mass is 19.1. The summed E-state index contributed by atoms with van der Waals surface area (Å²) in [6.45, 7) is 4.05. The van der Waals surface area contributed by atoms with Gasteiger partial charge in [-0.1, -0.05) is 13.8 Å². The van der Waals surface area contributed by atoms with Gasteiger partial charge in [-0.15, -0.1) is 10.2 Å². The number of hydrogen-bond acceptors (Lipinski definition) is 4. The minimum atomic E-state index is -0.272. The molecule has 2 aromatic heterocycles. The van der Waals surface area contributed by atoms with Gasteiger partial charge in [0.1, 0.15) is 5.82 Å². The maximum atomic E-state index is 13.0. The Bertz CT molecular complexity index is 763. The zero-order chi connectivity index (χ0) is 15.0. The Morgan fingerprint density at radius 2 is 1.76 bits per heavy atom. The van der Waals surface area contributed by atoms with Gasteiger partial charge in [-0.25, -0.2) is 4.39 Å². The lowest BCUT2D eigenvalue weighted by Gasteiger charge is -2.13. The molecule has 1 aromatic carbocycles. The van der Waals surface area contributed by atoms with Crippen LogP contribution < -0.4 is 5.73 Å². The Morgan fingerprint density at radius 1 is 1.05 bits per heavy atom. The molecule has 0 aliphatic heterocycles. The average Bonchev–Trinajstić information content (AvgIpc) is 2.90. The summed E-state index contributed by atoms with van der Waals surface area (Å²) < 4.78 is 14.7. The van der Waals surface area contributed by atoms with E-state index in [0.29, 0.717) is 11.5 Å². The van der Waals surface area contributed by atoms with Crippen molar-refractivity contribution in [1.29, 1.82) is 0 Å². The van der Waals surface area contributed by atoms with E-state index in [2.05, 4.69) is 15.3 Å². The highest BCUT2D eigenvalue weighted by Crippen LogP contribution is 2.21. The van der Waals surface area contributed by atoms with Crippen LogP contribution >= 0.6 is 0 Å². The Balaban J connectivity index is 2.10. The Hall–Kier alpha value is -2.34. The van der Waals surface area contributed by atoms with Gasteiger partial charge >= 0.3 is 0 Å². The predicted molar refractivity (Wildman–Crippen MR) is 77.9 cm³/mol. The third-order valence-corrected chi connectivity index (χ3v) is 3.44. The van der Waals surface area contributed by atoms with Crippen LogP contribution in [-0.2, 0) is 0 Å². The number of benzene rings is 1. The van der Waals surface area contributed by atoms with Crippen molar-refractivity contribution in [2.45, 2.75) is 19.9 Å². The number of halogens is 1. The van der Waals surface area contributed by atoms with E-state index in [1.54, 1.807) is 16.6 Å². The molecule has 21 heavy (non-hydrogen) atoms. The SMILES string of the molecule is CC(C)[C@H](N)c1nnc2ccc(-c3ccc(F)cc3)nn12. The van der Waals surface area contributed by atoms with Crippen molar-refractivity contribution in [3.8, 4) is 11.3 Å². The molecule has 2 N–H and O–H groups in total. The van der Waals surface area contributed by atoms with Crippen LogP contribution in [0, 0.1) is 11.7 Å². The maximum absolute atomic E-state index is 13.0. The molecule has 108 valence electrons. The van der Waals surface area contributed by atoms with Crippen molar-refractivity contribution in [1.82, 2.24) is 19.8 Å². The molecule has 1 atom stereocenters. The van der Waals surface area contributed by atoms with E-state index in [1.165, 1.54) is 12.1 Å². The number of fused-ring (bicyclic) bond motifs is 1. The largest absolute Gasteiger partial charge is 0.321 e. The number of aromatic nitrogens is 4. The third-order valence-electron chi connectivity index (χ3n) is 3.44. The second-order valence-corrected chi connectivity index (χ2v) is 5.32. The third kappa shape index (κ3) is 2.50. The van der Waals surface area contributed by atoms with Gasteiger partial charge in [0.25, 0.3) is 0 Å². The fraction of sp³-hybridized carbons (Fsp3) is 0.267. The van der Waals surface area contributed by atoms with E-state index >= 15 is 0 Å². The standard InChI is InChI=1S/C15H16FN5/c1-9(2)14(17)15-19-18-13-8-7-12(20-21(13)15)10-3-5-11(16)6-4-10/h3-9,14H,17H2,1-2H3/t14-/m0/s1. The number of hydrogen-bond donors (Lipinski definition) is 1. The zero-order valence-corrected chi connectivity index (χ0v) is 11.9. The van der Waals surface area contributed by atoms with Crippen LogP contribution in [0.5, 0.6) is 0 Å². The predicted octanol–water partition coefficient (Wildman–Crippen LogP) is 2.59. The normalized spacial score (nSPS) is 13.0. The molecule has 0 spiro atoms. The van der Waals surface area contributed by atoms with Crippen LogP contribution in [0.3, 0.4) is 0 Å². The van der Waals surface area contributed by atoms with Gasteiger partial charge in [-0.3, -0.25) is 0 Å². The van der Waals surface area contributed by atoms with Crippen LogP contribution in [0.15, 0.2) is 36.4 Å². The summed E-state index contributed by atoms with van der Waals surface area (Å²) in [7, 11) is 0. The Kier molecular flexibility index (Phi) is 3.39. The topological polar surface area (TPSA) is 69.1 Å². The van der Waals surface area contributed by atoms with Crippen molar-refractivity contribution in [3.63, 3.8) is 0 Å². The second kappa shape index (κ2) is 5.21. The summed E-state index contributed by atoms with van der Waals surface area (Å²) in [6, 6.07) is 9.63. The molecule has 0 bridgehead atoms. The van der Waals surface area contributed by atoms with Crippen molar-refractivity contribution >= 4 is 5.65 Å². The van der Waals surface area contributed by atoms with Gasteiger partial charge in [-0.05, 0) is 42.3 Å². The van der Waals surface area contributed by atoms with E-state index in [-0.39, 0.29) is 17.8 Å². The molecular weight excluding hydrogens is 269 g/mol. The number of rotatable bonds is 3. The summed E-state index contributed by atoms with van der Waals surface area (Å²) in [5.74, 6) is 0.587. The number of nitrogens with zero attached hydrogens (tertiary/aromatic N) is 4. The molecule has 0 unspecified atom stereocenters. The first-order valence-corrected chi connectivity index (χ1v) is 6.80. The summed E-state index contributed by atoms with van der Waals surface area (Å²) in [5.41, 5.74) is 8.34. The van der Waals surface area contributed by atoms with E-state index in [1.807, 2.05) is 26.0 Å². The maximum Gasteiger partial charge on any atom is 0.178 e. The van der Waals surface area contributed by atoms with Crippen LogP contribution in [0.4, 0.5) is 4.39 Å². The monoisotopic (exact) mass is 285 g/mol. The van der Waals surface area contributed by atoms with Crippen LogP contribution in [0.2, 0.25) is 0 Å². The smallest absolute Gasteiger partial charge is 0.178 e. The molecule has 0 amide bonds. The molecule has 0 saturated heterocycles. The van der Waals surface area contributed by atoms with Crippen molar-refractivity contribution in [3.05, 3.63) is 48.0 Å². The molecule has 6 heteroatoms. The first kappa shape index (κ1) is 13.6. The molecular formula is C15H16FN5. The van der Waals surface area contributed by atoms with Crippen molar-refractivity contribution < 1.29 is 4.39 Å². The first-order chi connectivity index (χ1) is 10.1.